The number of hydrogen-bond acceptors (Lipinski definition) is 4. The van der Waals surface area contributed by atoms with E-state index in [0.717, 1.165) is 27.8 Å². The van der Waals surface area contributed by atoms with E-state index in [4.69, 9.17) is 10.5 Å². The highest BCUT2D eigenvalue weighted by atomic mass is 16.6. The first-order valence-corrected chi connectivity index (χ1v) is 6.37. The lowest BCUT2D eigenvalue weighted by Crippen LogP contribution is -2.33. The van der Waals surface area contributed by atoms with E-state index in [0.29, 0.717) is 0 Å². The molecule has 1 radical (unpaired) electrons. The topological polar surface area (TPSA) is 92.9 Å². The summed E-state index contributed by atoms with van der Waals surface area (Å²) in [4.78, 5) is 37.1. The summed E-state index contributed by atoms with van der Waals surface area (Å²) in [5.74, 6) is -1.38. The molecule has 7 heteroatoms. The van der Waals surface area contributed by atoms with Crippen molar-refractivity contribution in [1.82, 2.24) is 9.80 Å². The monoisotopic (exact) mass is 300 g/mol. The zero-order valence-electron chi connectivity index (χ0n) is 11.9. The van der Waals surface area contributed by atoms with Gasteiger partial charge in [0.15, 0.2) is 0 Å². The van der Waals surface area contributed by atoms with Gasteiger partial charge in [-0.1, -0.05) is 30.3 Å². The summed E-state index contributed by atoms with van der Waals surface area (Å²) >= 11 is 0. The molecule has 1 aliphatic heterocycles. The maximum atomic E-state index is 12.1. The fraction of sp³-hybridized carbons (Fsp3) is 0.133. The molecular formula is C15H14N3O4. The fourth-order valence-electron chi connectivity index (χ4n) is 1.72. The van der Waals surface area contributed by atoms with Gasteiger partial charge in [0.2, 0.25) is 0 Å². The molecule has 0 bridgehead atoms. The number of amides is 3. The third kappa shape index (κ3) is 3.51. The van der Waals surface area contributed by atoms with Gasteiger partial charge in [-0.25, -0.2) is 9.69 Å². The smallest absolute Gasteiger partial charge is 0.419 e. The average Bonchev–Trinajstić information content (AvgIpc) is 2.66. The number of carbonyl (C=O) groups is 3. The maximum absolute atomic E-state index is 12.1. The highest BCUT2D eigenvalue weighted by Crippen LogP contribution is 2.13. The third-order valence-corrected chi connectivity index (χ3v) is 2.87. The molecular weight excluding hydrogens is 286 g/mol. The van der Waals surface area contributed by atoms with Crippen molar-refractivity contribution in [3.05, 3.63) is 60.1 Å². The summed E-state index contributed by atoms with van der Waals surface area (Å²) < 4.78 is 5.11. The maximum Gasteiger partial charge on any atom is 0.419 e. The number of benzene rings is 1. The van der Waals surface area contributed by atoms with Crippen molar-refractivity contribution in [2.45, 2.75) is 6.61 Å². The second-order valence-electron chi connectivity index (χ2n) is 4.48. The third-order valence-electron chi connectivity index (χ3n) is 2.87. The van der Waals surface area contributed by atoms with Crippen LogP contribution in [0.25, 0.3) is 0 Å². The summed E-state index contributed by atoms with van der Waals surface area (Å²) in [6, 6.07) is 9.04. The van der Waals surface area contributed by atoms with Crippen LogP contribution >= 0.6 is 0 Å². The van der Waals surface area contributed by atoms with Crippen molar-refractivity contribution in [3.8, 4) is 0 Å². The number of hydrogen-bond donors (Lipinski definition) is 1. The Kier molecular flexibility index (Phi) is 4.57. The van der Waals surface area contributed by atoms with Crippen molar-refractivity contribution >= 4 is 17.9 Å². The molecule has 1 aromatic rings. The van der Waals surface area contributed by atoms with Crippen molar-refractivity contribution in [1.29, 1.82) is 0 Å². The van der Waals surface area contributed by atoms with Gasteiger partial charge in [0.05, 0.1) is 6.08 Å². The molecule has 0 unspecified atom stereocenters. The molecule has 0 aromatic heterocycles. The van der Waals surface area contributed by atoms with Gasteiger partial charge >= 0.3 is 6.09 Å². The fourth-order valence-corrected chi connectivity index (χ4v) is 1.72. The number of nitrogens with zero attached hydrogens (tertiary/aromatic N) is 2. The van der Waals surface area contributed by atoms with Crippen molar-refractivity contribution < 1.29 is 19.1 Å². The summed E-state index contributed by atoms with van der Waals surface area (Å²) in [7, 11) is 1.42. The van der Waals surface area contributed by atoms with Crippen molar-refractivity contribution in [2.75, 3.05) is 7.05 Å². The number of carbonyl (C=O) groups excluding carboxylic acids is 3. The molecule has 0 aliphatic carbocycles. The highest BCUT2D eigenvalue weighted by Gasteiger charge is 2.25. The van der Waals surface area contributed by atoms with Crippen LogP contribution in [0.3, 0.4) is 0 Å². The Balaban J connectivity index is 2.15. The van der Waals surface area contributed by atoms with Crippen LogP contribution < -0.4 is 5.73 Å². The number of nitrogens with two attached hydrogens (primary N) is 1. The van der Waals surface area contributed by atoms with Gasteiger partial charge < -0.3 is 15.4 Å². The summed E-state index contributed by atoms with van der Waals surface area (Å²) in [6.45, 7) is 0.0276. The van der Waals surface area contributed by atoms with Gasteiger partial charge in [0.25, 0.3) is 11.8 Å². The van der Waals surface area contributed by atoms with E-state index in [1.54, 1.807) is 12.1 Å². The van der Waals surface area contributed by atoms with E-state index in [1.165, 1.54) is 7.05 Å². The first-order chi connectivity index (χ1) is 10.5. The van der Waals surface area contributed by atoms with Crippen LogP contribution in [0.1, 0.15) is 5.56 Å². The van der Waals surface area contributed by atoms with E-state index in [9.17, 15) is 14.4 Å². The second-order valence-corrected chi connectivity index (χ2v) is 4.48. The van der Waals surface area contributed by atoms with Gasteiger partial charge in [-0.3, -0.25) is 9.59 Å². The quantitative estimate of drug-likeness (QED) is 0.891. The predicted octanol–water partition coefficient (Wildman–Crippen LogP) is 0.741. The molecule has 0 atom stereocenters. The Bertz CT molecular complexity index is 652. The van der Waals surface area contributed by atoms with Crippen LogP contribution in [0.15, 0.2) is 48.4 Å². The Labute approximate surface area is 127 Å². The largest absolute Gasteiger partial charge is 0.444 e. The lowest BCUT2D eigenvalue weighted by Gasteiger charge is -2.18. The van der Waals surface area contributed by atoms with Crippen LogP contribution in [0.2, 0.25) is 0 Å². The summed E-state index contributed by atoms with van der Waals surface area (Å²) in [5, 5.41) is 0. The standard InChI is InChI=1S/C15H14N3O4/c1-17-9-12(14(16)20)18(8-7-13(17)19)15(21)22-10-11-5-3-2-4-6-11/h2-6,8-9H,10H2,1H3,(H2,16,20). The number of ether oxygens (including phenoxy) is 1. The molecule has 0 saturated heterocycles. The minimum Gasteiger partial charge on any atom is -0.444 e. The van der Waals surface area contributed by atoms with Gasteiger partial charge in [-0.2, -0.15) is 0 Å². The first-order valence-electron chi connectivity index (χ1n) is 6.37. The van der Waals surface area contributed by atoms with E-state index in [2.05, 4.69) is 6.08 Å². The molecule has 0 fully saturated rings. The highest BCUT2D eigenvalue weighted by molar-refractivity contribution is 5.97. The summed E-state index contributed by atoms with van der Waals surface area (Å²) in [6.07, 6.45) is 3.70. The molecule has 1 aromatic carbocycles. The Morgan fingerprint density at radius 2 is 1.95 bits per heavy atom. The molecule has 1 aliphatic rings. The van der Waals surface area contributed by atoms with Gasteiger partial charge in [0, 0.05) is 19.4 Å². The predicted molar refractivity (Wildman–Crippen MR) is 76.3 cm³/mol. The molecule has 0 spiro atoms. The zero-order valence-corrected chi connectivity index (χ0v) is 11.9. The van der Waals surface area contributed by atoms with E-state index >= 15 is 0 Å². The minimum absolute atomic E-state index is 0.0276. The summed E-state index contributed by atoms with van der Waals surface area (Å²) in [5.41, 5.74) is 5.84. The molecule has 2 rings (SSSR count). The van der Waals surface area contributed by atoms with Crippen LogP contribution in [0.5, 0.6) is 0 Å². The molecule has 22 heavy (non-hydrogen) atoms. The Morgan fingerprint density at radius 3 is 2.59 bits per heavy atom. The molecule has 3 amide bonds. The molecule has 1 heterocycles. The van der Waals surface area contributed by atoms with Crippen LogP contribution in [-0.2, 0) is 20.9 Å². The minimum atomic E-state index is -0.865. The lowest BCUT2D eigenvalue weighted by atomic mass is 10.2. The number of rotatable bonds is 3. The van der Waals surface area contributed by atoms with Gasteiger partial charge in [0.1, 0.15) is 12.3 Å². The second kappa shape index (κ2) is 6.57. The average molecular weight is 300 g/mol. The van der Waals surface area contributed by atoms with Crippen molar-refractivity contribution in [3.63, 3.8) is 0 Å². The normalized spacial score (nSPS) is 14.4. The van der Waals surface area contributed by atoms with Gasteiger partial charge in [-0.05, 0) is 5.56 Å². The molecule has 7 nitrogen and oxygen atoms in total. The lowest BCUT2D eigenvalue weighted by molar-refractivity contribution is -0.123. The number of primary amides is 1. The molecule has 0 saturated carbocycles. The van der Waals surface area contributed by atoms with Crippen LogP contribution in [0, 0.1) is 6.08 Å². The van der Waals surface area contributed by atoms with Crippen molar-refractivity contribution in [2.24, 2.45) is 5.73 Å². The Morgan fingerprint density at radius 1 is 1.27 bits per heavy atom. The molecule has 113 valence electrons. The van der Waals surface area contributed by atoms with Crippen LogP contribution in [0.4, 0.5) is 4.79 Å². The Hall–Kier alpha value is -3.09. The van der Waals surface area contributed by atoms with E-state index < -0.39 is 17.9 Å². The zero-order chi connectivity index (χ0) is 16.1. The van der Waals surface area contributed by atoms with E-state index in [1.807, 2.05) is 18.2 Å². The number of likely N-dealkylation sites (N-methyl/N-ethyl adjacent to an activating group) is 1. The van der Waals surface area contributed by atoms with Gasteiger partial charge in [-0.15, -0.1) is 0 Å². The first kappa shape index (κ1) is 15.3. The van der Waals surface area contributed by atoms with E-state index in [-0.39, 0.29) is 12.3 Å². The SMILES string of the molecule is CN1C=C(C(N)=O)N(C(=O)OCc2ccccc2)C=[C]C1=O. The molecule has 2 N–H and O–H groups in total. The van der Waals surface area contributed by atoms with Crippen LogP contribution in [-0.4, -0.2) is 34.8 Å².